The monoisotopic (exact) mass is 208 g/mol. The van der Waals surface area contributed by atoms with Crippen LogP contribution in [0, 0.1) is 13.8 Å². The molecule has 0 spiro atoms. The molecule has 0 bridgehead atoms. The van der Waals surface area contributed by atoms with Crippen LogP contribution in [0.15, 0.2) is 16.9 Å². The molecule has 0 unspecified atom stereocenters. The average Bonchev–Trinajstić information content (AvgIpc) is 2.73. The topological polar surface area (TPSA) is 52.0 Å². The van der Waals surface area contributed by atoms with Crippen LogP contribution in [-0.4, -0.2) is 4.98 Å². The molecule has 0 aliphatic heterocycles. The lowest BCUT2D eigenvalue weighted by atomic mass is 10.2. The summed E-state index contributed by atoms with van der Waals surface area (Å²) in [7, 11) is 0. The minimum atomic E-state index is 0.418. The van der Waals surface area contributed by atoms with Crippen LogP contribution in [0.3, 0.4) is 0 Å². The van der Waals surface area contributed by atoms with Gasteiger partial charge in [-0.2, -0.15) is 0 Å². The van der Waals surface area contributed by atoms with Gasteiger partial charge in [-0.3, -0.25) is 0 Å². The van der Waals surface area contributed by atoms with Crippen molar-refractivity contribution in [3.05, 3.63) is 28.6 Å². The molecule has 2 aromatic rings. The number of oxazole rings is 1. The predicted molar refractivity (Wildman–Crippen MR) is 57.2 cm³/mol. The first-order chi connectivity index (χ1) is 6.72. The van der Waals surface area contributed by atoms with Gasteiger partial charge in [0, 0.05) is 11.4 Å². The molecule has 2 aromatic heterocycles. The summed E-state index contributed by atoms with van der Waals surface area (Å²) >= 11 is 1.71. The highest BCUT2D eigenvalue weighted by atomic mass is 32.1. The Bertz CT molecular complexity index is 425. The Balaban J connectivity index is 2.49. The Labute approximate surface area is 86.6 Å². The first-order valence-corrected chi connectivity index (χ1v) is 5.24. The molecule has 0 amide bonds. The molecule has 4 heteroatoms. The molecule has 2 N–H and O–H groups in total. The van der Waals surface area contributed by atoms with E-state index in [1.807, 2.05) is 0 Å². The third-order valence-electron chi connectivity index (χ3n) is 2.22. The average molecular weight is 208 g/mol. The normalized spacial score (nSPS) is 10.8. The molecule has 2 heterocycles. The van der Waals surface area contributed by atoms with Gasteiger partial charge in [0.2, 0.25) is 0 Å². The smallest absolute Gasteiger partial charge is 0.181 e. The highest BCUT2D eigenvalue weighted by Gasteiger charge is 2.12. The Morgan fingerprint density at radius 2 is 2.29 bits per heavy atom. The van der Waals surface area contributed by atoms with Crippen LogP contribution in [0.5, 0.6) is 0 Å². The number of aryl methyl sites for hydroxylation is 2. The predicted octanol–water partition coefficient (Wildman–Crippen LogP) is 2.48. The van der Waals surface area contributed by atoms with Gasteiger partial charge >= 0.3 is 0 Å². The Hall–Kier alpha value is -1.13. The van der Waals surface area contributed by atoms with Gasteiger partial charge in [-0.1, -0.05) is 0 Å². The zero-order chi connectivity index (χ0) is 10.1. The number of nitrogens with zero attached hydrogens (tertiary/aromatic N) is 1. The molecule has 0 aliphatic rings. The van der Waals surface area contributed by atoms with Crippen molar-refractivity contribution in [2.45, 2.75) is 20.4 Å². The van der Waals surface area contributed by atoms with Crippen molar-refractivity contribution in [2.24, 2.45) is 5.73 Å². The molecule has 0 atom stereocenters. The Morgan fingerprint density at radius 1 is 1.50 bits per heavy atom. The van der Waals surface area contributed by atoms with E-state index in [1.54, 1.807) is 11.3 Å². The van der Waals surface area contributed by atoms with E-state index < -0.39 is 0 Å². The number of aromatic nitrogens is 1. The van der Waals surface area contributed by atoms with Crippen LogP contribution in [0.1, 0.15) is 16.1 Å². The van der Waals surface area contributed by atoms with Gasteiger partial charge in [0.05, 0.1) is 4.88 Å². The van der Waals surface area contributed by atoms with Gasteiger partial charge in [0.25, 0.3) is 0 Å². The third-order valence-corrected chi connectivity index (χ3v) is 3.38. The second-order valence-corrected chi connectivity index (χ2v) is 4.44. The number of rotatable bonds is 2. The second kappa shape index (κ2) is 3.55. The molecule has 0 fully saturated rings. The van der Waals surface area contributed by atoms with Gasteiger partial charge < -0.3 is 10.2 Å². The summed E-state index contributed by atoms with van der Waals surface area (Å²) in [5, 5.41) is 0. The minimum absolute atomic E-state index is 0.418. The van der Waals surface area contributed by atoms with E-state index in [0.717, 1.165) is 16.3 Å². The van der Waals surface area contributed by atoms with Crippen LogP contribution in [0.25, 0.3) is 10.6 Å². The quantitative estimate of drug-likeness (QED) is 0.824. The summed E-state index contributed by atoms with van der Waals surface area (Å²) in [6.45, 7) is 4.61. The van der Waals surface area contributed by atoms with Crippen LogP contribution in [0.4, 0.5) is 0 Å². The molecular weight excluding hydrogens is 196 g/mol. The molecule has 0 saturated heterocycles. The van der Waals surface area contributed by atoms with E-state index in [9.17, 15) is 0 Å². The lowest BCUT2D eigenvalue weighted by molar-refractivity contribution is 0.572. The van der Waals surface area contributed by atoms with E-state index >= 15 is 0 Å². The zero-order valence-electron chi connectivity index (χ0n) is 8.20. The maximum atomic E-state index is 5.56. The van der Waals surface area contributed by atoms with Gasteiger partial charge in [-0.05, 0) is 25.5 Å². The van der Waals surface area contributed by atoms with Gasteiger partial charge in [-0.25, -0.2) is 4.98 Å². The maximum absolute atomic E-state index is 5.56. The van der Waals surface area contributed by atoms with Gasteiger partial charge in [0.15, 0.2) is 12.2 Å². The lowest BCUT2D eigenvalue weighted by Crippen LogP contribution is -1.97. The second-order valence-electron chi connectivity index (χ2n) is 3.18. The fourth-order valence-electron chi connectivity index (χ4n) is 1.30. The van der Waals surface area contributed by atoms with Gasteiger partial charge in [0.1, 0.15) is 5.69 Å². The number of hydrogen-bond acceptors (Lipinski definition) is 4. The molecule has 74 valence electrons. The first-order valence-electron chi connectivity index (χ1n) is 4.42. The molecule has 14 heavy (non-hydrogen) atoms. The maximum Gasteiger partial charge on any atom is 0.181 e. The van der Waals surface area contributed by atoms with Gasteiger partial charge in [-0.15, -0.1) is 11.3 Å². The number of hydrogen-bond donors (Lipinski definition) is 1. The number of nitrogens with two attached hydrogens (primary N) is 1. The van der Waals surface area contributed by atoms with E-state index in [1.165, 1.54) is 16.8 Å². The summed E-state index contributed by atoms with van der Waals surface area (Å²) in [6, 6.07) is 2.11. The molecule has 3 nitrogen and oxygen atoms in total. The molecule has 0 aromatic carbocycles. The van der Waals surface area contributed by atoms with Crippen LogP contribution in [-0.2, 0) is 6.54 Å². The standard InChI is InChI=1S/C10H12N2OS/c1-6-3-9(14-7(6)2)10-8(4-11)12-5-13-10/h3,5H,4,11H2,1-2H3. The van der Waals surface area contributed by atoms with Crippen molar-refractivity contribution in [3.8, 4) is 10.6 Å². The molecule has 0 saturated carbocycles. The zero-order valence-corrected chi connectivity index (χ0v) is 9.02. The first kappa shape index (κ1) is 9.43. The van der Waals surface area contributed by atoms with Crippen LogP contribution >= 0.6 is 11.3 Å². The summed E-state index contributed by atoms with van der Waals surface area (Å²) in [6.07, 6.45) is 1.45. The fraction of sp³-hybridized carbons (Fsp3) is 0.300. The third kappa shape index (κ3) is 1.47. The fourth-order valence-corrected chi connectivity index (χ4v) is 2.34. The van der Waals surface area contributed by atoms with E-state index in [2.05, 4.69) is 24.9 Å². The van der Waals surface area contributed by atoms with E-state index in [4.69, 9.17) is 10.2 Å². The lowest BCUT2D eigenvalue weighted by Gasteiger charge is -1.92. The van der Waals surface area contributed by atoms with E-state index in [-0.39, 0.29) is 0 Å². The summed E-state index contributed by atoms with van der Waals surface area (Å²) in [4.78, 5) is 6.48. The highest BCUT2D eigenvalue weighted by molar-refractivity contribution is 7.15. The van der Waals surface area contributed by atoms with Crippen molar-refractivity contribution in [3.63, 3.8) is 0 Å². The summed E-state index contributed by atoms with van der Waals surface area (Å²) < 4.78 is 5.33. The van der Waals surface area contributed by atoms with Crippen molar-refractivity contribution in [1.82, 2.24) is 4.98 Å². The summed E-state index contributed by atoms with van der Waals surface area (Å²) in [5.74, 6) is 0.814. The van der Waals surface area contributed by atoms with Crippen LogP contribution < -0.4 is 5.73 Å². The SMILES string of the molecule is Cc1cc(-c2ocnc2CN)sc1C. The van der Waals surface area contributed by atoms with E-state index in [0.29, 0.717) is 6.54 Å². The Morgan fingerprint density at radius 3 is 2.86 bits per heavy atom. The van der Waals surface area contributed by atoms with Crippen molar-refractivity contribution in [1.29, 1.82) is 0 Å². The summed E-state index contributed by atoms with van der Waals surface area (Å²) in [5.41, 5.74) is 7.67. The molecule has 0 aliphatic carbocycles. The minimum Gasteiger partial charge on any atom is -0.442 e. The Kier molecular flexibility index (Phi) is 2.39. The molecule has 2 rings (SSSR count). The molecule has 0 radical (unpaired) electrons. The van der Waals surface area contributed by atoms with Crippen molar-refractivity contribution in [2.75, 3.05) is 0 Å². The number of thiophene rings is 1. The largest absolute Gasteiger partial charge is 0.442 e. The van der Waals surface area contributed by atoms with Crippen molar-refractivity contribution < 1.29 is 4.42 Å². The van der Waals surface area contributed by atoms with Crippen molar-refractivity contribution >= 4 is 11.3 Å². The van der Waals surface area contributed by atoms with Crippen LogP contribution in [0.2, 0.25) is 0 Å². The molecular formula is C10H12N2OS. The highest BCUT2D eigenvalue weighted by Crippen LogP contribution is 2.32.